The fraction of sp³-hybridized carbons (Fsp3) is 1.00. The Morgan fingerprint density at radius 1 is 1.09 bits per heavy atom. The van der Waals surface area contributed by atoms with Gasteiger partial charge in [0.2, 0.25) is 0 Å². The Balaban J connectivity index is 2.23. The highest BCUT2D eigenvalue weighted by molar-refractivity contribution is 5.06. The predicted molar refractivity (Wildman–Crippen MR) is 48.4 cm³/mol. The summed E-state index contributed by atoms with van der Waals surface area (Å²) in [6.07, 6.45) is 4.46. The van der Waals surface area contributed by atoms with E-state index in [2.05, 4.69) is 27.7 Å². The zero-order chi connectivity index (χ0) is 8.28. The van der Waals surface area contributed by atoms with E-state index in [1.54, 1.807) is 0 Å². The smallest absolute Gasteiger partial charge is 0.0292 e. The van der Waals surface area contributed by atoms with Gasteiger partial charge in [-0.3, -0.25) is 0 Å². The Kier molecular flexibility index (Phi) is 1.28. The third-order valence-electron chi connectivity index (χ3n) is 4.55. The number of rotatable bonds is 0. The monoisotopic (exact) mass is 152 g/mol. The van der Waals surface area contributed by atoms with E-state index in [1.165, 1.54) is 19.3 Å². The molecule has 0 heterocycles. The lowest BCUT2D eigenvalue weighted by molar-refractivity contribution is -0.142. The van der Waals surface area contributed by atoms with Crippen molar-refractivity contribution >= 4 is 0 Å². The minimum Gasteiger partial charge on any atom is -0.0596 e. The molecule has 0 aromatic rings. The molecule has 0 saturated heterocycles. The van der Waals surface area contributed by atoms with Gasteiger partial charge in [-0.15, -0.1) is 0 Å². The lowest BCUT2D eigenvalue weighted by atomic mass is 9.41. The largest absolute Gasteiger partial charge is 0.0596 e. The van der Waals surface area contributed by atoms with Gasteiger partial charge in [0.15, 0.2) is 0 Å². The van der Waals surface area contributed by atoms with Crippen molar-refractivity contribution in [2.24, 2.45) is 22.7 Å². The van der Waals surface area contributed by atoms with Crippen molar-refractivity contribution in [1.82, 2.24) is 0 Å². The van der Waals surface area contributed by atoms with Crippen LogP contribution in [0.5, 0.6) is 0 Å². The molecular formula is C11H20. The quantitative estimate of drug-likeness (QED) is 0.498. The van der Waals surface area contributed by atoms with Crippen LogP contribution in [0.4, 0.5) is 0 Å². The molecule has 0 aromatic heterocycles. The molecule has 3 aliphatic carbocycles. The predicted octanol–water partition coefficient (Wildman–Crippen LogP) is 3.47. The first-order valence-electron chi connectivity index (χ1n) is 4.94. The lowest BCUT2D eigenvalue weighted by Gasteiger charge is -2.63. The molecule has 0 aromatic carbocycles. The summed E-state index contributed by atoms with van der Waals surface area (Å²) in [6.45, 7) is 9.84. The highest BCUT2D eigenvalue weighted by atomic mass is 14.6. The average Bonchev–Trinajstić information content (AvgIpc) is 1.84. The summed E-state index contributed by atoms with van der Waals surface area (Å²) in [4.78, 5) is 0. The van der Waals surface area contributed by atoms with Crippen LogP contribution >= 0.6 is 0 Å². The van der Waals surface area contributed by atoms with Gasteiger partial charge in [-0.1, -0.05) is 27.7 Å². The van der Waals surface area contributed by atoms with Crippen molar-refractivity contribution in [1.29, 1.82) is 0 Å². The summed E-state index contributed by atoms with van der Waals surface area (Å²) < 4.78 is 0. The normalized spacial score (nSPS) is 44.7. The fourth-order valence-corrected chi connectivity index (χ4v) is 3.55. The zero-order valence-electron chi connectivity index (χ0n) is 8.28. The van der Waals surface area contributed by atoms with Crippen LogP contribution in [0.3, 0.4) is 0 Å². The van der Waals surface area contributed by atoms with Gasteiger partial charge in [-0.2, -0.15) is 0 Å². The van der Waals surface area contributed by atoms with Gasteiger partial charge in [0, 0.05) is 0 Å². The van der Waals surface area contributed by atoms with Crippen LogP contribution in [-0.2, 0) is 0 Å². The topological polar surface area (TPSA) is 0 Å². The fourth-order valence-electron chi connectivity index (χ4n) is 3.55. The summed E-state index contributed by atoms with van der Waals surface area (Å²) in [6, 6.07) is 0. The van der Waals surface area contributed by atoms with Crippen LogP contribution in [0.25, 0.3) is 0 Å². The first kappa shape index (κ1) is 7.64. The standard InChI is InChI=1S/C11H20/c1-10(2)6-5-8-7-9(10)11(8,3)4/h8-9H,5-7H2,1-4H3/t8-,9-/m1/s1. The summed E-state index contributed by atoms with van der Waals surface area (Å²) in [7, 11) is 0. The van der Waals surface area contributed by atoms with Crippen molar-refractivity contribution in [3.8, 4) is 0 Å². The van der Waals surface area contributed by atoms with Crippen LogP contribution in [0.2, 0.25) is 0 Å². The maximum Gasteiger partial charge on any atom is -0.0292 e. The molecule has 3 aliphatic rings. The number of fused-ring (bicyclic) bond motifs is 2. The molecule has 0 heteroatoms. The van der Waals surface area contributed by atoms with Crippen LogP contribution in [0, 0.1) is 22.7 Å². The second kappa shape index (κ2) is 1.84. The third-order valence-corrected chi connectivity index (χ3v) is 4.55. The number of hydrogen-bond donors (Lipinski definition) is 0. The molecule has 3 saturated carbocycles. The molecule has 3 rings (SSSR count). The minimum absolute atomic E-state index is 0.637. The number of hydrogen-bond acceptors (Lipinski definition) is 0. The van der Waals surface area contributed by atoms with E-state index < -0.39 is 0 Å². The van der Waals surface area contributed by atoms with E-state index in [9.17, 15) is 0 Å². The molecule has 0 nitrogen and oxygen atoms in total. The Labute approximate surface area is 70.4 Å². The molecule has 11 heavy (non-hydrogen) atoms. The van der Waals surface area contributed by atoms with Crippen molar-refractivity contribution in [3.63, 3.8) is 0 Å². The summed E-state index contributed by atoms with van der Waals surface area (Å²) in [5.41, 5.74) is 1.31. The zero-order valence-corrected chi connectivity index (χ0v) is 8.28. The molecule has 0 aliphatic heterocycles. The summed E-state index contributed by atoms with van der Waals surface area (Å²) >= 11 is 0. The lowest BCUT2D eigenvalue weighted by Crippen LogP contribution is -2.55. The van der Waals surface area contributed by atoms with Gasteiger partial charge < -0.3 is 0 Å². The van der Waals surface area contributed by atoms with Gasteiger partial charge >= 0.3 is 0 Å². The van der Waals surface area contributed by atoms with Crippen molar-refractivity contribution in [3.05, 3.63) is 0 Å². The Morgan fingerprint density at radius 2 is 1.73 bits per heavy atom. The molecule has 0 spiro atoms. The molecule has 2 bridgehead atoms. The van der Waals surface area contributed by atoms with E-state index >= 15 is 0 Å². The molecule has 2 atom stereocenters. The van der Waals surface area contributed by atoms with Crippen LogP contribution in [0.15, 0.2) is 0 Å². The van der Waals surface area contributed by atoms with Crippen molar-refractivity contribution in [2.45, 2.75) is 47.0 Å². The first-order chi connectivity index (χ1) is 4.94. The van der Waals surface area contributed by atoms with Gasteiger partial charge in [-0.05, 0) is 41.9 Å². The van der Waals surface area contributed by atoms with Crippen molar-refractivity contribution < 1.29 is 0 Å². The van der Waals surface area contributed by atoms with Crippen LogP contribution < -0.4 is 0 Å². The molecule has 0 amide bonds. The molecule has 64 valence electrons. The van der Waals surface area contributed by atoms with Gasteiger partial charge in [-0.25, -0.2) is 0 Å². The van der Waals surface area contributed by atoms with E-state index in [4.69, 9.17) is 0 Å². The molecule has 0 N–H and O–H groups in total. The SMILES string of the molecule is CC1(C)CC[C@@H]2C[C@H]1C2(C)C. The first-order valence-corrected chi connectivity index (χ1v) is 4.94. The highest BCUT2D eigenvalue weighted by Crippen LogP contribution is 2.65. The average molecular weight is 152 g/mol. The molecule has 0 radical (unpaired) electrons. The van der Waals surface area contributed by atoms with E-state index in [0.717, 1.165) is 11.8 Å². The Bertz CT molecular complexity index is 166. The Hall–Kier alpha value is 0. The van der Waals surface area contributed by atoms with Crippen LogP contribution in [0.1, 0.15) is 47.0 Å². The summed E-state index contributed by atoms with van der Waals surface area (Å²) in [5, 5.41) is 0. The maximum atomic E-state index is 2.47. The van der Waals surface area contributed by atoms with Crippen molar-refractivity contribution in [2.75, 3.05) is 0 Å². The molecule has 3 fully saturated rings. The van der Waals surface area contributed by atoms with Gasteiger partial charge in [0.25, 0.3) is 0 Å². The van der Waals surface area contributed by atoms with E-state index in [-0.39, 0.29) is 0 Å². The maximum absolute atomic E-state index is 2.47. The highest BCUT2D eigenvalue weighted by Gasteiger charge is 2.57. The Morgan fingerprint density at radius 3 is 2.00 bits per heavy atom. The van der Waals surface area contributed by atoms with Gasteiger partial charge in [0.1, 0.15) is 0 Å². The summed E-state index contributed by atoms with van der Waals surface area (Å²) in [5.74, 6) is 2.06. The van der Waals surface area contributed by atoms with Crippen LogP contribution in [-0.4, -0.2) is 0 Å². The minimum atomic E-state index is 0.637. The van der Waals surface area contributed by atoms with E-state index in [0.29, 0.717) is 10.8 Å². The molecule has 0 unspecified atom stereocenters. The second-order valence-electron chi connectivity index (χ2n) is 5.83. The molecular weight excluding hydrogens is 132 g/mol. The second-order valence-corrected chi connectivity index (χ2v) is 5.83. The third kappa shape index (κ3) is 0.816. The van der Waals surface area contributed by atoms with Gasteiger partial charge in [0.05, 0.1) is 0 Å². The van der Waals surface area contributed by atoms with E-state index in [1.807, 2.05) is 0 Å².